The van der Waals surface area contributed by atoms with Gasteiger partial charge < -0.3 is 24.4 Å². The van der Waals surface area contributed by atoms with Crippen LogP contribution < -0.4 is 10.1 Å². The second kappa shape index (κ2) is 10.2. The van der Waals surface area contributed by atoms with Crippen molar-refractivity contribution in [1.29, 1.82) is 5.26 Å². The molecule has 0 saturated carbocycles. The Balaban J connectivity index is 1.19. The van der Waals surface area contributed by atoms with Crippen LogP contribution in [-0.2, 0) is 16.1 Å². The highest BCUT2D eigenvalue weighted by molar-refractivity contribution is 5.86. The maximum atomic E-state index is 13.5. The summed E-state index contributed by atoms with van der Waals surface area (Å²) in [7, 11) is 0. The van der Waals surface area contributed by atoms with E-state index in [1.54, 1.807) is 34.1 Å². The number of benzene rings is 2. The van der Waals surface area contributed by atoms with E-state index in [4.69, 9.17) is 14.7 Å². The number of nitriles is 1. The Bertz CT molecular complexity index is 1120. The number of hydrogen-bond acceptors (Lipinski definition) is 7. The number of likely N-dealkylation sites (tertiary alicyclic amines) is 2. The predicted molar refractivity (Wildman–Crippen MR) is 130 cm³/mol. The van der Waals surface area contributed by atoms with Gasteiger partial charge >= 0.3 is 6.09 Å². The fourth-order valence-corrected chi connectivity index (χ4v) is 5.49. The first kappa shape index (κ1) is 24.1. The third-order valence-corrected chi connectivity index (χ3v) is 7.19. The molecule has 3 unspecified atom stereocenters. The van der Waals surface area contributed by atoms with Gasteiger partial charge in [0.05, 0.1) is 11.6 Å². The van der Waals surface area contributed by atoms with E-state index in [1.165, 1.54) is 0 Å². The Morgan fingerprint density at radius 3 is 2.36 bits per heavy atom. The molecular formula is C27H30N4O5. The highest BCUT2D eigenvalue weighted by Crippen LogP contribution is 2.32. The van der Waals surface area contributed by atoms with Crippen LogP contribution in [-0.4, -0.2) is 71.5 Å². The molecule has 2 amide bonds. The molecule has 188 valence electrons. The van der Waals surface area contributed by atoms with Crippen LogP contribution in [0.4, 0.5) is 4.79 Å². The van der Waals surface area contributed by atoms with Crippen molar-refractivity contribution in [2.45, 2.75) is 31.3 Å². The van der Waals surface area contributed by atoms with Gasteiger partial charge in [0.2, 0.25) is 5.72 Å². The smallest absolute Gasteiger partial charge is 0.410 e. The summed E-state index contributed by atoms with van der Waals surface area (Å²) in [6, 6.07) is 18.2. The minimum atomic E-state index is -1.83. The second-order valence-electron chi connectivity index (χ2n) is 9.85. The molecule has 0 aliphatic carbocycles. The van der Waals surface area contributed by atoms with Crippen LogP contribution >= 0.6 is 0 Å². The van der Waals surface area contributed by atoms with Gasteiger partial charge in [-0.3, -0.25) is 10.1 Å². The highest BCUT2D eigenvalue weighted by Gasteiger charge is 2.53. The molecule has 4 atom stereocenters. The number of piperidine rings is 2. The number of rotatable bonds is 5. The zero-order valence-corrected chi connectivity index (χ0v) is 20.0. The van der Waals surface area contributed by atoms with Crippen molar-refractivity contribution in [3.05, 3.63) is 65.7 Å². The first-order chi connectivity index (χ1) is 17.4. The van der Waals surface area contributed by atoms with Crippen LogP contribution in [0.1, 0.15) is 24.0 Å². The summed E-state index contributed by atoms with van der Waals surface area (Å²) in [6.45, 7) is 2.65. The maximum Gasteiger partial charge on any atom is 0.410 e. The van der Waals surface area contributed by atoms with E-state index in [2.05, 4.69) is 11.4 Å². The van der Waals surface area contributed by atoms with Gasteiger partial charge in [0.1, 0.15) is 12.4 Å². The molecule has 2 aromatic rings. The largest absolute Gasteiger partial charge is 0.485 e. The Morgan fingerprint density at radius 1 is 1.03 bits per heavy atom. The molecule has 2 bridgehead atoms. The summed E-state index contributed by atoms with van der Waals surface area (Å²) in [4.78, 5) is 29.6. The number of amides is 2. The lowest BCUT2D eigenvalue weighted by Gasteiger charge is -2.47. The highest BCUT2D eigenvalue weighted by atomic mass is 16.6. The number of aliphatic hydroxyl groups is 1. The number of nitrogens with one attached hydrogen (secondary N) is 1. The fourth-order valence-electron chi connectivity index (χ4n) is 5.49. The van der Waals surface area contributed by atoms with Crippen molar-refractivity contribution in [3.8, 4) is 11.8 Å². The molecule has 36 heavy (non-hydrogen) atoms. The topological polar surface area (TPSA) is 115 Å². The summed E-state index contributed by atoms with van der Waals surface area (Å²) in [6.07, 6.45) is 0.331. The van der Waals surface area contributed by atoms with Crippen LogP contribution in [0.15, 0.2) is 54.6 Å². The predicted octanol–water partition coefficient (Wildman–Crippen LogP) is 2.10. The molecule has 0 aromatic heterocycles. The number of fused-ring (bicyclic) bond motifs is 2. The van der Waals surface area contributed by atoms with Gasteiger partial charge in [-0.1, -0.05) is 30.3 Å². The molecule has 3 aliphatic heterocycles. The van der Waals surface area contributed by atoms with Gasteiger partial charge in [-0.05, 0) is 48.1 Å². The van der Waals surface area contributed by atoms with Gasteiger partial charge in [-0.25, -0.2) is 4.79 Å². The molecule has 3 heterocycles. The van der Waals surface area contributed by atoms with E-state index in [-0.39, 0.29) is 24.5 Å². The standard InChI is InChI=1S/C27H30N4O5/c28-13-19-6-8-23(9-7-19)36-24-10-11-29-27(24,34)25(32)30-14-21-12-22(15-30)17-31(16-21)26(33)35-18-20-4-2-1-3-5-20/h1-9,21-22,24,29,34H,10-12,14-18H2/t21?,22?,24?,27-/m1/s1. The molecule has 0 radical (unpaired) electrons. The van der Waals surface area contributed by atoms with Gasteiger partial charge in [-0.15, -0.1) is 0 Å². The van der Waals surface area contributed by atoms with Crippen LogP contribution in [0.3, 0.4) is 0 Å². The lowest BCUT2D eigenvalue weighted by Crippen LogP contribution is -2.65. The molecular weight excluding hydrogens is 460 g/mol. The van der Waals surface area contributed by atoms with Crippen LogP contribution in [0.5, 0.6) is 5.75 Å². The maximum absolute atomic E-state index is 13.5. The van der Waals surface area contributed by atoms with Crippen molar-refractivity contribution >= 4 is 12.0 Å². The number of hydrogen-bond donors (Lipinski definition) is 2. The lowest BCUT2D eigenvalue weighted by molar-refractivity contribution is -0.166. The number of carbonyl (C=O) groups excluding carboxylic acids is 2. The Kier molecular flexibility index (Phi) is 6.81. The van der Waals surface area contributed by atoms with E-state index in [0.717, 1.165) is 12.0 Å². The Hall–Kier alpha value is -3.61. The van der Waals surface area contributed by atoms with E-state index in [1.807, 2.05) is 30.3 Å². The minimum absolute atomic E-state index is 0.119. The summed E-state index contributed by atoms with van der Waals surface area (Å²) < 4.78 is 11.5. The Labute approximate surface area is 210 Å². The quantitative estimate of drug-likeness (QED) is 0.660. The zero-order valence-electron chi connectivity index (χ0n) is 20.0. The molecule has 2 N–H and O–H groups in total. The van der Waals surface area contributed by atoms with Crippen molar-refractivity contribution in [2.75, 3.05) is 32.7 Å². The summed E-state index contributed by atoms with van der Waals surface area (Å²) in [5.41, 5.74) is -0.376. The molecule has 0 spiro atoms. The Morgan fingerprint density at radius 2 is 1.69 bits per heavy atom. The van der Waals surface area contributed by atoms with Crippen LogP contribution in [0.25, 0.3) is 0 Å². The average Bonchev–Trinajstić information content (AvgIpc) is 3.28. The molecule has 3 saturated heterocycles. The lowest BCUT2D eigenvalue weighted by atomic mass is 9.84. The molecule has 9 heteroatoms. The molecule has 5 rings (SSSR count). The van der Waals surface area contributed by atoms with Crippen LogP contribution in [0, 0.1) is 23.2 Å². The molecule has 9 nitrogen and oxygen atoms in total. The van der Waals surface area contributed by atoms with Crippen molar-refractivity contribution in [3.63, 3.8) is 0 Å². The van der Waals surface area contributed by atoms with E-state index >= 15 is 0 Å². The SMILES string of the molecule is N#Cc1ccc(OC2CCN[C@]2(O)C(=O)N2CC3CC(CN(C(=O)OCc4ccccc4)C3)C2)cc1. The third kappa shape index (κ3) is 5.01. The van der Waals surface area contributed by atoms with E-state index < -0.39 is 17.7 Å². The van der Waals surface area contributed by atoms with Gasteiger partial charge in [0.15, 0.2) is 6.10 Å². The first-order valence-electron chi connectivity index (χ1n) is 12.3. The summed E-state index contributed by atoms with van der Waals surface area (Å²) in [5.74, 6) is 0.338. The number of ether oxygens (including phenoxy) is 2. The van der Waals surface area contributed by atoms with Gasteiger partial charge in [-0.2, -0.15) is 5.26 Å². The number of nitrogens with zero attached hydrogens (tertiary/aromatic N) is 3. The van der Waals surface area contributed by atoms with Crippen LogP contribution in [0.2, 0.25) is 0 Å². The van der Waals surface area contributed by atoms with Crippen molar-refractivity contribution in [2.24, 2.45) is 11.8 Å². The normalized spacial score (nSPS) is 27.3. The first-order valence-corrected chi connectivity index (χ1v) is 12.3. The van der Waals surface area contributed by atoms with Gasteiger partial charge in [0.25, 0.3) is 5.91 Å². The second-order valence-corrected chi connectivity index (χ2v) is 9.85. The van der Waals surface area contributed by atoms with Crippen molar-refractivity contribution < 1.29 is 24.2 Å². The number of carbonyl (C=O) groups is 2. The summed E-state index contributed by atoms with van der Waals surface area (Å²) in [5, 5.41) is 23.3. The van der Waals surface area contributed by atoms with E-state index in [0.29, 0.717) is 50.5 Å². The zero-order chi connectivity index (χ0) is 25.1. The van der Waals surface area contributed by atoms with Crippen molar-refractivity contribution in [1.82, 2.24) is 15.1 Å². The minimum Gasteiger partial charge on any atom is -0.485 e. The monoisotopic (exact) mass is 490 g/mol. The fraction of sp³-hybridized carbons (Fsp3) is 0.444. The molecule has 3 aliphatic rings. The summed E-state index contributed by atoms with van der Waals surface area (Å²) >= 11 is 0. The molecule has 2 aromatic carbocycles. The average molecular weight is 491 g/mol. The third-order valence-electron chi connectivity index (χ3n) is 7.19. The van der Waals surface area contributed by atoms with Gasteiger partial charge in [0, 0.05) is 39.1 Å². The van der Waals surface area contributed by atoms with E-state index in [9.17, 15) is 14.7 Å². The molecule has 3 fully saturated rings.